The number of rotatable bonds is 4. The summed E-state index contributed by atoms with van der Waals surface area (Å²) >= 11 is 1.64. The van der Waals surface area contributed by atoms with Gasteiger partial charge < -0.3 is 14.5 Å². The minimum Gasteiger partial charge on any atom is -0.490 e. The van der Waals surface area contributed by atoms with E-state index in [9.17, 15) is 4.79 Å². The third-order valence-electron chi connectivity index (χ3n) is 6.73. The van der Waals surface area contributed by atoms with Crippen molar-refractivity contribution in [2.24, 2.45) is 0 Å². The number of carbonyl (C=O) groups is 1. The van der Waals surface area contributed by atoms with E-state index in [4.69, 9.17) is 9.72 Å². The van der Waals surface area contributed by atoms with Crippen molar-refractivity contribution >= 4 is 22.2 Å². The molecular weight excluding hydrogens is 394 g/mol. The zero-order valence-electron chi connectivity index (χ0n) is 17.8. The zero-order chi connectivity index (χ0) is 20.5. The topological polar surface area (TPSA) is 45.7 Å². The van der Waals surface area contributed by atoms with Gasteiger partial charge in [0.05, 0.1) is 5.69 Å². The van der Waals surface area contributed by atoms with Crippen molar-refractivity contribution < 1.29 is 9.53 Å². The van der Waals surface area contributed by atoms with Crippen molar-refractivity contribution in [1.82, 2.24) is 9.88 Å². The minimum atomic E-state index is 0.112. The lowest BCUT2D eigenvalue weighted by Crippen LogP contribution is -2.50. The number of thiazole rings is 1. The summed E-state index contributed by atoms with van der Waals surface area (Å²) < 4.78 is 6.21. The minimum absolute atomic E-state index is 0.112. The third-order valence-corrected chi connectivity index (χ3v) is 7.90. The van der Waals surface area contributed by atoms with E-state index in [-0.39, 0.29) is 5.91 Å². The van der Waals surface area contributed by atoms with Crippen LogP contribution < -0.4 is 9.64 Å². The lowest BCUT2D eigenvalue weighted by molar-refractivity contribution is -0.116. The molecule has 2 aliphatic heterocycles. The molecule has 1 saturated carbocycles. The highest BCUT2D eigenvalue weighted by Crippen LogP contribution is 2.38. The van der Waals surface area contributed by atoms with Crippen molar-refractivity contribution in [3.8, 4) is 16.3 Å². The molecule has 5 rings (SSSR count). The summed E-state index contributed by atoms with van der Waals surface area (Å²) in [6.45, 7) is 4.99. The maximum Gasteiger partial charge on any atom is 0.224 e. The Bertz CT molecular complexity index is 882. The Morgan fingerprint density at radius 1 is 1.03 bits per heavy atom. The molecule has 0 bridgehead atoms. The number of carbonyl (C=O) groups excluding carboxylic acids is 1. The van der Waals surface area contributed by atoms with Gasteiger partial charge in [-0.1, -0.05) is 17.8 Å². The van der Waals surface area contributed by atoms with Crippen LogP contribution in [0.25, 0.3) is 10.6 Å². The van der Waals surface area contributed by atoms with Crippen molar-refractivity contribution in [2.75, 3.05) is 24.5 Å². The highest BCUT2D eigenvalue weighted by Gasteiger charge is 2.35. The predicted molar refractivity (Wildman–Crippen MR) is 121 cm³/mol. The van der Waals surface area contributed by atoms with Gasteiger partial charge in [0.2, 0.25) is 5.91 Å². The first-order valence-corrected chi connectivity index (χ1v) is 12.3. The van der Waals surface area contributed by atoms with E-state index in [0.717, 1.165) is 71.7 Å². The first-order valence-electron chi connectivity index (χ1n) is 11.5. The Labute approximate surface area is 183 Å². The van der Waals surface area contributed by atoms with Gasteiger partial charge in [-0.15, -0.1) is 0 Å². The number of anilines is 1. The van der Waals surface area contributed by atoms with Crippen molar-refractivity contribution in [3.63, 3.8) is 0 Å². The predicted octanol–water partition coefficient (Wildman–Crippen LogP) is 4.90. The fraction of sp³-hybridized carbons (Fsp3) is 0.583. The average Bonchev–Trinajstić information content (AvgIpc) is 3.04. The average molecular weight is 426 g/mol. The van der Waals surface area contributed by atoms with Gasteiger partial charge in [-0.2, -0.15) is 0 Å². The molecule has 30 heavy (non-hydrogen) atoms. The lowest BCUT2D eigenvalue weighted by Gasteiger charge is -2.44. The molecule has 0 atom stereocenters. The Morgan fingerprint density at radius 2 is 1.77 bits per heavy atom. The number of benzene rings is 1. The zero-order valence-corrected chi connectivity index (χ0v) is 18.6. The highest BCUT2D eigenvalue weighted by atomic mass is 32.1. The van der Waals surface area contributed by atoms with Gasteiger partial charge in [0.25, 0.3) is 0 Å². The van der Waals surface area contributed by atoms with Gasteiger partial charge in [0, 0.05) is 37.9 Å². The number of aryl methyl sites for hydroxylation is 1. The van der Waals surface area contributed by atoms with Crippen molar-refractivity contribution in [3.05, 3.63) is 30.0 Å². The van der Waals surface area contributed by atoms with E-state index < -0.39 is 0 Å². The molecule has 0 spiro atoms. The first kappa shape index (κ1) is 20.0. The second-order valence-corrected chi connectivity index (χ2v) is 9.86. The van der Waals surface area contributed by atoms with Crippen LogP contribution >= 0.6 is 11.3 Å². The summed E-state index contributed by atoms with van der Waals surface area (Å²) in [4.78, 5) is 21.5. The molecule has 3 aliphatic rings. The molecule has 0 unspecified atom stereocenters. The molecule has 160 valence electrons. The molecule has 1 amide bonds. The number of nitrogens with zero attached hydrogens (tertiary/aromatic N) is 3. The van der Waals surface area contributed by atoms with Crippen LogP contribution in [-0.4, -0.2) is 47.6 Å². The largest absolute Gasteiger partial charge is 0.490 e. The molecule has 1 saturated heterocycles. The van der Waals surface area contributed by atoms with Crippen molar-refractivity contribution in [1.29, 1.82) is 0 Å². The summed E-state index contributed by atoms with van der Waals surface area (Å²) in [6.07, 6.45) is 9.85. The van der Waals surface area contributed by atoms with Gasteiger partial charge in [0.15, 0.2) is 0 Å². The second-order valence-electron chi connectivity index (χ2n) is 8.88. The van der Waals surface area contributed by atoms with E-state index in [0.29, 0.717) is 6.10 Å². The van der Waals surface area contributed by atoms with Gasteiger partial charge in [-0.05, 0) is 69.5 Å². The van der Waals surface area contributed by atoms with Crippen molar-refractivity contribution in [2.45, 2.75) is 70.4 Å². The number of ether oxygens (including phenoxy) is 1. The quantitative estimate of drug-likeness (QED) is 0.699. The molecule has 5 nitrogen and oxygen atoms in total. The number of aromatic nitrogens is 1. The van der Waals surface area contributed by atoms with Crippen LogP contribution in [0.1, 0.15) is 57.6 Å². The van der Waals surface area contributed by atoms with Crippen LogP contribution in [0.2, 0.25) is 0 Å². The van der Waals surface area contributed by atoms with Gasteiger partial charge in [-0.25, -0.2) is 4.98 Å². The molecule has 2 aromatic rings. The molecule has 0 N–H and O–H groups in total. The molecule has 3 heterocycles. The van der Waals surface area contributed by atoms with Crippen LogP contribution in [0, 0.1) is 0 Å². The highest BCUT2D eigenvalue weighted by molar-refractivity contribution is 7.19. The smallest absolute Gasteiger partial charge is 0.224 e. The van der Waals surface area contributed by atoms with E-state index in [1.807, 2.05) is 4.90 Å². The van der Waals surface area contributed by atoms with Gasteiger partial charge >= 0.3 is 0 Å². The van der Waals surface area contributed by atoms with E-state index in [2.05, 4.69) is 29.2 Å². The van der Waals surface area contributed by atoms with Gasteiger partial charge in [-0.3, -0.25) is 4.79 Å². The third kappa shape index (κ3) is 4.12. The van der Waals surface area contributed by atoms with Gasteiger partial charge in [0.1, 0.15) is 21.9 Å². The summed E-state index contributed by atoms with van der Waals surface area (Å²) in [6, 6.07) is 9.07. The molecule has 6 heteroatoms. The standard InChI is InChI=1S/C24H31N3O2S/c1-17(28)27-14-6-3-7-22-24(27)30-23(25-22)18-8-10-20(11-9-18)29-21-15-19(16-21)26-12-4-2-5-13-26/h8-11,19,21H,2-7,12-16H2,1H3/t19-,21-. The number of fused-ring (bicyclic) bond motifs is 1. The molecular formula is C24H31N3O2S. The fourth-order valence-corrected chi connectivity index (χ4v) is 6.08. The maximum absolute atomic E-state index is 12.1. The molecule has 1 aromatic carbocycles. The molecule has 2 fully saturated rings. The summed E-state index contributed by atoms with van der Waals surface area (Å²) in [5.41, 5.74) is 2.17. The summed E-state index contributed by atoms with van der Waals surface area (Å²) in [5.74, 6) is 1.06. The fourth-order valence-electron chi connectivity index (χ4n) is 4.89. The first-order chi connectivity index (χ1) is 14.7. The number of piperidine rings is 1. The Balaban J connectivity index is 1.22. The normalized spacial score (nSPS) is 24.6. The Morgan fingerprint density at radius 3 is 2.50 bits per heavy atom. The SMILES string of the molecule is CC(=O)N1CCCCc2nc(-c3ccc(O[C@H]4C[C@H](N5CCCCC5)C4)cc3)sc21. The van der Waals surface area contributed by atoms with Crippen LogP contribution in [0.15, 0.2) is 24.3 Å². The van der Waals surface area contributed by atoms with E-state index in [1.54, 1.807) is 18.3 Å². The molecule has 1 aliphatic carbocycles. The second kappa shape index (κ2) is 8.67. The van der Waals surface area contributed by atoms with E-state index in [1.165, 1.54) is 32.4 Å². The number of hydrogen-bond acceptors (Lipinski definition) is 5. The Hall–Kier alpha value is -1.92. The maximum atomic E-state index is 12.1. The summed E-state index contributed by atoms with van der Waals surface area (Å²) in [7, 11) is 0. The van der Waals surface area contributed by atoms with Crippen LogP contribution in [0.4, 0.5) is 5.00 Å². The summed E-state index contributed by atoms with van der Waals surface area (Å²) in [5, 5.41) is 2.03. The van der Waals surface area contributed by atoms with E-state index >= 15 is 0 Å². The molecule has 0 radical (unpaired) electrons. The Kier molecular flexibility index (Phi) is 5.79. The van der Waals surface area contributed by atoms with Crippen LogP contribution in [-0.2, 0) is 11.2 Å². The number of hydrogen-bond donors (Lipinski definition) is 0. The lowest BCUT2D eigenvalue weighted by atomic mass is 9.86. The monoisotopic (exact) mass is 425 g/mol. The molecule has 1 aromatic heterocycles. The van der Waals surface area contributed by atoms with Crippen LogP contribution in [0.5, 0.6) is 5.75 Å². The number of likely N-dealkylation sites (tertiary alicyclic amines) is 1. The number of amides is 1. The van der Waals surface area contributed by atoms with Crippen LogP contribution in [0.3, 0.4) is 0 Å².